The molecule has 144 valence electrons. The minimum Gasteiger partial charge on any atom is -0.512 e. The summed E-state index contributed by atoms with van der Waals surface area (Å²) in [4.78, 5) is 11.7. The molecule has 0 aliphatic rings. The second-order valence-electron chi connectivity index (χ2n) is 8.88. The second kappa shape index (κ2) is 11.7. The lowest BCUT2D eigenvalue weighted by Crippen LogP contribution is -2.28. The Bertz CT molecular complexity index is 367. The van der Waals surface area contributed by atoms with E-state index >= 15 is 0 Å². The van der Waals surface area contributed by atoms with E-state index in [1.54, 1.807) is 0 Å². The molecule has 1 N–H and O–H groups in total. The zero-order chi connectivity index (χ0) is 19.8. The molecule has 0 saturated heterocycles. The molecule has 0 aromatic heterocycles. The van der Waals surface area contributed by atoms with Crippen molar-refractivity contribution >= 4 is 5.78 Å². The summed E-state index contributed by atoms with van der Waals surface area (Å²) in [5, 5.41) is 9.81. The fourth-order valence-corrected chi connectivity index (χ4v) is 3.40. The molecule has 0 heterocycles. The first-order valence-electron chi connectivity index (χ1n) is 9.72. The standard InChI is InChI=1S/2C11H22O/c2*1-7(2)10(8(3)4)11(12)9(5)6/h7-9,12H,1-6H3;7-10H,1-6H3. The molecule has 24 heavy (non-hydrogen) atoms. The zero-order valence-electron chi connectivity index (χ0n) is 18.4. The van der Waals surface area contributed by atoms with E-state index in [9.17, 15) is 9.90 Å². The summed E-state index contributed by atoms with van der Waals surface area (Å²) in [7, 11) is 0. The maximum Gasteiger partial charge on any atom is 0.138 e. The van der Waals surface area contributed by atoms with Crippen LogP contribution in [-0.4, -0.2) is 10.9 Å². The lowest BCUT2D eigenvalue weighted by Gasteiger charge is -2.24. The Labute approximate surface area is 152 Å². The van der Waals surface area contributed by atoms with Crippen LogP contribution in [0.15, 0.2) is 11.3 Å². The third kappa shape index (κ3) is 8.89. The Morgan fingerprint density at radius 3 is 1.00 bits per heavy atom. The van der Waals surface area contributed by atoms with Crippen LogP contribution in [0.5, 0.6) is 0 Å². The van der Waals surface area contributed by atoms with Gasteiger partial charge >= 0.3 is 0 Å². The fraction of sp³-hybridized carbons (Fsp3) is 0.864. The summed E-state index contributed by atoms with van der Waals surface area (Å²) >= 11 is 0. The predicted octanol–water partition coefficient (Wildman–Crippen LogP) is 6.91. The van der Waals surface area contributed by atoms with Crippen molar-refractivity contribution in [1.82, 2.24) is 0 Å². The topological polar surface area (TPSA) is 37.3 Å². The van der Waals surface area contributed by atoms with Gasteiger partial charge in [-0.2, -0.15) is 0 Å². The molecule has 0 saturated carbocycles. The van der Waals surface area contributed by atoms with Gasteiger partial charge in [-0.25, -0.2) is 0 Å². The Morgan fingerprint density at radius 1 is 0.583 bits per heavy atom. The molecule has 0 aromatic carbocycles. The van der Waals surface area contributed by atoms with Crippen molar-refractivity contribution in [3.63, 3.8) is 0 Å². The number of hydrogen-bond acceptors (Lipinski definition) is 2. The number of aliphatic hydroxyl groups is 1. The van der Waals surface area contributed by atoms with E-state index in [0.29, 0.717) is 35.2 Å². The smallest absolute Gasteiger partial charge is 0.138 e. The average molecular weight is 341 g/mol. The molecule has 0 atom stereocenters. The van der Waals surface area contributed by atoms with Gasteiger partial charge in [0.15, 0.2) is 0 Å². The molecule has 0 aliphatic heterocycles. The largest absolute Gasteiger partial charge is 0.512 e. The van der Waals surface area contributed by atoms with Crippen LogP contribution < -0.4 is 0 Å². The minimum atomic E-state index is 0.180. The zero-order valence-corrected chi connectivity index (χ0v) is 18.4. The third-order valence-corrected chi connectivity index (χ3v) is 4.42. The molecule has 0 aliphatic carbocycles. The normalized spacial score (nSPS) is 11.8. The van der Waals surface area contributed by atoms with Crippen LogP contribution in [0.2, 0.25) is 0 Å². The highest BCUT2D eigenvalue weighted by atomic mass is 16.3. The van der Waals surface area contributed by atoms with Gasteiger partial charge in [-0.1, -0.05) is 83.1 Å². The van der Waals surface area contributed by atoms with Gasteiger partial charge in [0, 0.05) is 17.8 Å². The number of carbonyl (C=O) groups excluding carboxylic acids is 1. The van der Waals surface area contributed by atoms with Crippen molar-refractivity contribution in [3.8, 4) is 0 Å². The van der Waals surface area contributed by atoms with Gasteiger partial charge < -0.3 is 5.11 Å². The first kappa shape index (κ1) is 25.5. The van der Waals surface area contributed by atoms with Gasteiger partial charge in [0.05, 0.1) is 5.76 Å². The Balaban J connectivity index is 0. The number of allylic oxidation sites excluding steroid dienone is 2. The Hall–Kier alpha value is -0.790. The molecular formula is C22H44O2. The van der Waals surface area contributed by atoms with Gasteiger partial charge in [0.25, 0.3) is 0 Å². The first-order valence-corrected chi connectivity index (χ1v) is 9.72. The molecule has 0 spiro atoms. The SMILES string of the molecule is CC(C)C(=O)C(C(C)C)C(C)C.CC(C)C(O)=C(C(C)C)C(C)C. The number of ketones is 1. The summed E-state index contributed by atoms with van der Waals surface area (Å²) in [6.45, 7) is 25.1. The van der Waals surface area contributed by atoms with Crippen molar-refractivity contribution in [2.45, 2.75) is 83.1 Å². The van der Waals surface area contributed by atoms with E-state index in [1.807, 2.05) is 27.7 Å². The van der Waals surface area contributed by atoms with Gasteiger partial charge in [0.1, 0.15) is 5.78 Å². The van der Waals surface area contributed by atoms with Crippen LogP contribution in [0.25, 0.3) is 0 Å². The van der Waals surface area contributed by atoms with Crippen molar-refractivity contribution in [2.75, 3.05) is 0 Å². The maximum absolute atomic E-state index is 11.7. The van der Waals surface area contributed by atoms with Crippen LogP contribution in [0, 0.1) is 41.4 Å². The van der Waals surface area contributed by atoms with E-state index in [4.69, 9.17) is 0 Å². The Kier molecular flexibility index (Phi) is 12.4. The summed E-state index contributed by atoms with van der Waals surface area (Å²) in [5.41, 5.74) is 1.20. The molecule has 2 heteroatoms. The van der Waals surface area contributed by atoms with Gasteiger partial charge in [-0.15, -0.1) is 0 Å². The van der Waals surface area contributed by atoms with Crippen molar-refractivity contribution in [3.05, 3.63) is 11.3 Å². The molecule has 0 aromatic rings. The van der Waals surface area contributed by atoms with Crippen molar-refractivity contribution in [1.29, 1.82) is 0 Å². The first-order chi connectivity index (χ1) is 10.7. The number of carbonyl (C=O) groups is 1. The maximum atomic E-state index is 11.7. The number of rotatable bonds is 7. The molecule has 0 bridgehead atoms. The van der Waals surface area contributed by atoms with Crippen molar-refractivity contribution < 1.29 is 9.90 Å². The highest BCUT2D eigenvalue weighted by Crippen LogP contribution is 2.26. The molecule has 0 rings (SSSR count). The summed E-state index contributed by atoms with van der Waals surface area (Å²) in [6.07, 6.45) is 0. The highest BCUT2D eigenvalue weighted by molar-refractivity contribution is 5.83. The van der Waals surface area contributed by atoms with E-state index < -0.39 is 0 Å². The number of aliphatic hydroxyl groups excluding tert-OH is 1. The van der Waals surface area contributed by atoms with E-state index in [-0.39, 0.29) is 17.8 Å². The van der Waals surface area contributed by atoms with Crippen LogP contribution in [0.4, 0.5) is 0 Å². The summed E-state index contributed by atoms with van der Waals surface area (Å²) in [5.74, 6) is 3.52. The Morgan fingerprint density at radius 2 is 0.917 bits per heavy atom. The quantitative estimate of drug-likeness (QED) is 0.511. The average Bonchev–Trinajstić information content (AvgIpc) is 2.37. The number of Topliss-reactive ketones (excluding diaryl/α,β-unsaturated/α-hetero) is 1. The van der Waals surface area contributed by atoms with Gasteiger partial charge in [-0.3, -0.25) is 4.79 Å². The monoisotopic (exact) mass is 340 g/mol. The molecule has 0 unspecified atom stereocenters. The predicted molar refractivity (Wildman–Crippen MR) is 107 cm³/mol. The van der Waals surface area contributed by atoms with Gasteiger partial charge in [-0.05, 0) is 29.2 Å². The lowest BCUT2D eigenvalue weighted by atomic mass is 9.79. The van der Waals surface area contributed by atoms with Crippen LogP contribution in [0.1, 0.15) is 83.1 Å². The molecule has 0 fully saturated rings. The minimum absolute atomic E-state index is 0.180. The van der Waals surface area contributed by atoms with Crippen LogP contribution >= 0.6 is 0 Å². The van der Waals surface area contributed by atoms with Crippen LogP contribution in [0.3, 0.4) is 0 Å². The number of hydrogen-bond donors (Lipinski definition) is 1. The molecule has 0 radical (unpaired) electrons. The molecule has 2 nitrogen and oxygen atoms in total. The van der Waals surface area contributed by atoms with E-state index in [1.165, 1.54) is 5.57 Å². The van der Waals surface area contributed by atoms with E-state index in [2.05, 4.69) is 55.4 Å². The second-order valence-corrected chi connectivity index (χ2v) is 8.88. The third-order valence-electron chi connectivity index (χ3n) is 4.42. The van der Waals surface area contributed by atoms with Crippen LogP contribution in [-0.2, 0) is 4.79 Å². The summed E-state index contributed by atoms with van der Waals surface area (Å²) < 4.78 is 0. The molecular weight excluding hydrogens is 296 g/mol. The molecule has 0 amide bonds. The lowest BCUT2D eigenvalue weighted by molar-refractivity contribution is -0.128. The van der Waals surface area contributed by atoms with E-state index in [0.717, 1.165) is 0 Å². The summed E-state index contributed by atoms with van der Waals surface area (Å²) in [6, 6.07) is 0. The van der Waals surface area contributed by atoms with Gasteiger partial charge in [0.2, 0.25) is 0 Å². The fourth-order valence-electron chi connectivity index (χ4n) is 3.40. The highest BCUT2D eigenvalue weighted by Gasteiger charge is 2.26. The van der Waals surface area contributed by atoms with Crippen molar-refractivity contribution in [2.24, 2.45) is 41.4 Å².